The van der Waals surface area contributed by atoms with Gasteiger partial charge in [0.2, 0.25) is 0 Å². The number of halogens is 1. The lowest BCUT2D eigenvalue weighted by Gasteiger charge is -2.30. The quantitative estimate of drug-likeness (QED) is 0.732. The zero-order valence-electron chi connectivity index (χ0n) is 10.8. The van der Waals surface area contributed by atoms with Gasteiger partial charge in [0.1, 0.15) is 0 Å². The molecule has 1 heteroatoms. The van der Waals surface area contributed by atoms with E-state index < -0.39 is 0 Å². The van der Waals surface area contributed by atoms with Crippen molar-refractivity contribution in [2.75, 3.05) is 0 Å². The first kappa shape index (κ1) is 12.9. The summed E-state index contributed by atoms with van der Waals surface area (Å²) in [5.74, 6) is 0.714. The number of hydrogen-bond donors (Lipinski definition) is 0. The van der Waals surface area contributed by atoms with Gasteiger partial charge in [-0.3, -0.25) is 0 Å². The van der Waals surface area contributed by atoms with Gasteiger partial charge in [0.25, 0.3) is 0 Å². The maximum Gasteiger partial charge on any atom is 0.357 e. The molecule has 0 bridgehead atoms. The van der Waals surface area contributed by atoms with E-state index in [4.69, 9.17) is 0 Å². The summed E-state index contributed by atoms with van der Waals surface area (Å²) in [7, 11) is 0. The molecule has 0 saturated carbocycles. The standard InChI is InChI=1S/C16H20I/c1-13(2)16(3)11-9-15(10-12-16)17-14-7-5-4-6-8-14/h4-11,13H,12H2,1-3H3/q+1. The van der Waals surface area contributed by atoms with Gasteiger partial charge in [-0.1, -0.05) is 45.0 Å². The average molecular weight is 339 g/mol. The minimum absolute atomic E-state index is 0.0179. The Balaban J connectivity index is 2.04. The van der Waals surface area contributed by atoms with Gasteiger partial charge in [-0.25, -0.2) is 0 Å². The molecule has 0 N–H and O–H groups in total. The molecule has 1 aliphatic rings. The monoisotopic (exact) mass is 339 g/mol. The molecule has 1 unspecified atom stereocenters. The van der Waals surface area contributed by atoms with Crippen LogP contribution in [-0.2, 0) is 0 Å². The van der Waals surface area contributed by atoms with E-state index in [1.165, 1.54) is 9.99 Å². The minimum atomic E-state index is 0.0179. The minimum Gasteiger partial charge on any atom is -0.0735 e. The van der Waals surface area contributed by atoms with Crippen molar-refractivity contribution in [1.29, 1.82) is 0 Å². The molecule has 1 atom stereocenters. The molecule has 0 heterocycles. The highest BCUT2D eigenvalue weighted by molar-refractivity contribution is 5.21. The van der Waals surface area contributed by atoms with Crippen molar-refractivity contribution in [2.24, 2.45) is 11.3 Å². The highest BCUT2D eigenvalue weighted by Gasteiger charge is 2.29. The number of rotatable bonds is 3. The van der Waals surface area contributed by atoms with Gasteiger partial charge >= 0.3 is 21.2 Å². The van der Waals surface area contributed by atoms with Crippen molar-refractivity contribution in [3.63, 3.8) is 0 Å². The van der Waals surface area contributed by atoms with Crippen LogP contribution in [0.5, 0.6) is 0 Å². The molecular weight excluding hydrogens is 319 g/mol. The Morgan fingerprint density at radius 3 is 2.41 bits per heavy atom. The maximum atomic E-state index is 2.46. The molecule has 1 aromatic rings. The van der Waals surface area contributed by atoms with Crippen molar-refractivity contribution in [3.8, 4) is 0 Å². The van der Waals surface area contributed by atoms with Crippen LogP contribution in [0.25, 0.3) is 0 Å². The lowest BCUT2D eigenvalue weighted by molar-refractivity contribution is -0.572. The van der Waals surface area contributed by atoms with Gasteiger partial charge in [-0.15, -0.1) is 0 Å². The SMILES string of the molecule is CC(C)C1(C)C=CC([I+]c2ccccc2)=CC1. The molecule has 0 saturated heterocycles. The van der Waals surface area contributed by atoms with Crippen molar-refractivity contribution in [3.05, 3.63) is 55.7 Å². The molecule has 0 spiro atoms. The van der Waals surface area contributed by atoms with Crippen LogP contribution in [0.2, 0.25) is 0 Å². The topological polar surface area (TPSA) is 0 Å². The number of benzene rings is 1. The van der Waals surface area contributed by atoms with Crippen LogP contribution >= 0.6 is 0 Å². The molecule has 17 heavy (non-hydrogen) atoms. The summed E-state index contributed by atoms with van der Waals surface area (Å²) in [6.45, 7) is 6.99. The fourth-order valence-corrected chi connectivity index (χ4v) is 4.12. The Bertz CT molecular complexity index is 428. The molecular formula is C16H20I+. The first-order chi connectivity index (χ1) is 8.10. The Hall–Kier alpha value is -0.570. The second-order valence-corrected chi connectivity index (χ2v) is 8.21. The van der Waals surface area contributed by atoms with Crippen LogP contribution in [0.15, 0.2) is 52.1 Å². The highest BCUT2D eigenvalue weighted by atomic mass is 127. The van der Waals surface area contributed by atoms with Gasteiger partial charge in [-0.2, -0.15) is 0 Å². The van der Waals surface area contributed by atoms with Crippen LogP contribution in [-0.4, -0.2) is 0 Å². The third-order valence-corrected chi connectivity index (χ3v) is 6.40. The van der Waals surface area contributed by atoms with Gasteiger partial charge in [0.15, 0.2) is 7.15 Å². The lowest BCUT2D eigenvalue weighted by Crippen LogP contribution is -3.60. The van der Waals surface area contributed by atoms with Gasteiger partial charge < -0.3 is 0 Å². The van der Waals surface area contributed by atoms with Gasteiger partial charge in [-0.05, 0) is 42.0 Å². The zero-order chi connectivity index (χ0) is 12.3. The average Bonchev–Trinajstić information content (AvgIpc) is 2.33. The molecule has 0 fully saturated rings. The van der Waals surface area contributed by atoms with E-state index in [1.54, 1.807) is 3.58 Å². The molecule has 0 amide bonds. The second kappa shape index (κ2) is 5.38. The van der Waals surface area contributed by atoms with E-state index in [0.717, 1.165) is 0 Å². The second-order valence-electron chi connectivity index (χ2n) is 5.18. The van der Waals surface area contributed by atoms with E-state index in [-0.39, 0.29) is 21.2 Å². The summed E-state index contributed by atoms with van der Waals surface area (Å²) >= 11 is 0.0179. The third kappa shape index (κ3) is 3.21. The Labute approximate surface area is 115 Å². The summed E-state index contributed by atoms with van der Waals surface area (Å²) in [4.78, 5) is 0. The van der Waals surface area contributed by atoms with Crippen LogP contribution in [0.4, 0.5) is 0 Å². The first-order valence-electron chi connectivity index (χ1n) is 6.19. The lowest BCUT2D eigenvalue weighted by atomic mass is 9.74. The molecule has 1 aliphatic carbocycles. The van der Waals surface area contributed by atoms with Crippen molar-refractivity contribution in [1.82, 2.24) is 0 Å². The molecule has 0 radical (unpaired) electrons. The molecule has 90 valence electrons. The van der Waals surface area contributed by atoms with E-state index in [9.17, 15) is 0 Å². The Kier molecular flexibility index (Phi) is 4.08. The predicted molar refractivity (Wildman–Crippen MR) is 69.9 cm³/mol. The molecule has 1 aromatic carbocycles. The Morgan fingerprint density at radius 1 is 1.18 bits per heavy atom. The predicted octanol–water partition coefficient (Wildman–Crippen LogP) is 1.45. The largest absolute Gasteiger partial charge is 0.357 e. The number of allylic oxidation sites excluding steroid dienone is 4. The third-order valence-electron chi connectivity index (χ3n) is 3.63. The highest BCUT2D eigenvalue weighted by Crippen LogP contribution is 2.35. The van der Waals surface area contributed by atoms with Crippen LogP contribution in [0, 0.1) is 14.9 Å². The molecule has 0 nitrogen and oxygen atoms in total. The van der Waals surface area contributed by atoms with Crippen LogP contribution < -0.4 is 21.2 Å². The Morgan fingerprint density at radius 2 is 1.88 bits per heavy atom. The van der Waals surface area contributed by atoms with Crippen molar-refractivity contribution in [2.45, 2.75) is 27.2 Å². The normalized spacial score (nSPS) is 23.9. The summed E-state index contributed by atoms with van der Waals surface area (Å²) in [6.07, 6.45) is 8.45. The van der Waals surface area contributed by atoms with Crippen molar-refractivity contribution >= 4 is 0 Å². The fourth-order valence-electron chi connectivity index (χ4n) is 1.83. The zero-order valence-corrected chi connectivity index (χ0v) is 12.9. The first-order valence-corrected chi connectivity index (χ1v) is 8.35. The van der Waals surface area contributed by atoms with Crippen LogP contribution in [0.3, 0.4) is 0 Å². The molecule has 2 rings (SSSR count). The summed E-state index contributed by atoms with van der Waals surface area (Å²) in [5.41, 5.74) is 0.365. The van der Waals surface area contributed by atoms with E-state index in [1.807, 2.05) is 0 Å². The van der Waals surface area contributed by atoms with E-state index in [2.05, 4.69) is 69.3 Å². The summed E-state index contributed by atoms with van der Waals surface area (Å²) in [5, 5.41) is 0. The van der Waals surface area contributed by atoms with Crippen molar-refractivity contribution < 1.29 is 21.2 Å². The van der Waals surface area contributed by atoms with Gasteiger partial charge in [0.05, 0.1) is 0 Å². The van der Waals surface area contributed by atoms with Crippen LogP contribution in [0.1, 0.15) is 27.2 Å². The molecule has 0 aromatic heterocycles. The fraction of sp³-hybridized carbons (Fsp3) is 0.375. The maximum absolute atomic E-state index is 2.46. The smallest absolute Gasteiger partial charge is 0.0735 e. The van der Waals surface area contributed by atoms with E-state index in [0.29, 0.717) is 11.3 Å². The van der Waals surface area contributed by atoms with Gasteiger partial charge in [0, 0.05) is 0 Å². The van der Waals surface area contributed by atoms with E-state index >= 15 is 0 Å². The summed E-state index contributed by atoms with van der Waals surface area (Å²) in [6, 6.07) is 10.9. The molecule has 0 aliphatic heterocycles. The number of hydrogen-bond acceptors (Lipinski definition) is 0. The summed E-state index contributed by atoms with van der Waals surface area (Å²) < 4.78 is 3.07.